The van der Waals surface area contributed by atoms with E-state index in [0.29, 0.717) is 23.3 Å². The van der Waals surface area contributed by atoms with E-state index in [1.54, 1.807) is 16.4 Å². The van der Waals surface area contributed by atoms with E-state index in [9.17, 15) is 4.79 Å². The van der Waals surface area contributed by atoms with Gasteiger partial charge in [0.15, 0.2) is 0 Å². The van der Waals surface area contributed by atoms with E-state index in [-0.39, 0.29) is 5.91 Å². The molecule has 2 N–H and O–H groups in total. The maximum atomic E-state index is 13.5. The van der Waals surface area contributed by atoms with Gasteiger partial charge in [-0.15, -0.1) is 5.10 Å². The third kappa shape index (κ3) is 4.50. The lowest BCUT2D eigenvalue weighted by Gasteiger charge is -2.29. The highest BCUT2D eigenvalue weighted by atomic mass is 32.2. The Hall–Kier alpha value is -3.26. The van der Waals surface area contributed by atoms with E-state index in [4.69, 9.17) is 9.84 Å². The number of nitrogens with one attached hydrogen (secondary N) is 2. The first-order chi connectivity index (χ1) is 15.5. The van der Waals surface area contributed by atoms with Crippen molar-refractivity contribution < 1.29 is 9.53 Å². The summed E-state index contributed by atoms with van der Waals surface area (Å²) in [6, 6.07) is 15.1. The molecule has 3 aromatic rings. The van der Waals surface area contributed by atoms with Gasteiger partial charge in [-0.1, -0.05) is 43.0 Å². The smallest absolute Gasteiger partial charge is 0.255 e. The number of benzene rings is 2. The molecule has 4 rings (SSSR count). The molecule has 2 heterocycles. The van der Waals surface area contributed by atoms with E-state index < -0.39 is 6.04 Å². The molecule has 8 heteroatoms. The molecule has 0 fully saturated rings. The molecule has 0 spiro atoms. The largest absolute Gasteiger partial charge is 0.494 e. The quantitative estimate of drug-likeness (QED) is 0.493. The maximum absolute atomic E-state index is 13.5. The Morgan fingerprint density at radius 2 is 2.00 bits per heavy atom. The zero-order chi connectivity index (χ0) is 22.7. The summed E-state index contributed by atoms with van der Waals surface area (Å²) in [5.41, 5.74) is 4.07. The molecule has 0 radical (unpaired) electrons. The van der Waals surface area contributed by atoms with Gasteiger partial charge >= 0.3 is 0 Å². The van der Waals surface area contributed by atoms with Gasteiger partial charge in [-0.2, -0.15) is 4.98 Å². The molecule has 1 amide bonds. The normalized spacial score (nSPS) is 15.2. The van der Waals surface area contributed by atoms with Gasteiger partial charge in [0.25, 0.3) is 5.91 Å². The summed E-state index contributed by atoms with van der Waals surface area (Å²) in [6.07, 6.45) is 0. The van der Waals surface area contributed by atoms with Crippen LogP contribution in [-0.4, -0.2) is 33.0 Å². The SMILES string of the molecule is CCOc1cccc(C2C(C(=O)Nc3cccc(C)c3)=C(C)Nc3nc(SCC)nn32)c1. The van der Waals surface area contributed by atoms with Crippen LogP contribution in [0.25, 0.3) is 0 Å². The van der Waals surface area contributed by atoms with Gasteiger partial charge in [0.2, 0.25) is 11.1 Å². The first-order valence-corrected chi connectivity index (χ1v) is 11.7. The fourth-order valence-electron chi connectivity index (χ4n) is 3.79. The fourth-order valence-corrected chi connectivity index (χ4v) is 4.34. The summed E-state index contributed by atoms with van der Waals surface area (Å²) in [5.74, 6) is 2.06. The molecule has 2 aromatic carbocycles. The second kappa shape index (κ2) is 9.48. The summed E-state index contributed by atoms with van der Waals surface area (Å²) in [7, 11) is 0. The number of allylic oxidation sites excluding steroid dienone is 1. The van der Waals surface area contributed by atoms with Gasteiger partial charge in [0.05, 0.1) is 12.2 Å². The third-order valence-corrected chi connectivity index (χ3v) is 5.83. The van der Waals surface area contributed by atoms with Crippen molar-refractivity contribution in [2.75, 3.05) is 23.0 Å². The van der Waals surface area contributed by atoms with Crippen LogP contribution in [0.2, 0.25) is 0 Å². The van der Waals surface area contributed by atoms with Crippen molar-refractivity contribution in [1.82, 2.24) is 14.8 Å². The number of ether oxygens (including phenoxy) is 1. The van der Waals surface area contributed by atoms with Crippen molar-refractivity contribution in [3.05, 3.63) is 70.9 Å². The van der Waals surface area contributed by atoms with Gasteiger partial charge in [-0.05, 0) is 61.9 Å². The molecule has 166 valence electrons. The highest BCUT2D eigenvalue weighted by Gasteiger charge is 2.34. The minimum absolute atomic E-state index is 0.182. The first kappa shape index (κ1) is 22.0. The minimum Gasteiger partial charge on any atom is -0.494 e. The van der Waals surface area contributed by atoms with Crippen LogP contribution in [0.15, 0.2) is 65.0 Å². The fraction of sp³-hybridized carbons (Fsp3) is 0.292. The number of hydrogen-bond donors (Lipinski definition) is 2. The maximum Gasteiger partial charge on any atom is 0.255 e. The molecule has 32 heavy (non-hydrogen) atoms. The number of nitrogens with zero attached hydrogens (tertiary/aromatic N) is 3. The second-order valence-corrected chi connectivity index (χ2v) is 8.72. The lowest BCUT2D eigenvalue weighted by atomic mass is 9.94. The Labute approximate surface area is 192 Å². The number of carbonyl (C=O) groups is 1. The van der Waals surface area contributed by atoms with Crippen LogP contribution in [0.5, 0.6) is 5.75 Å². The average Bonchev–Trinajstić information content (AvgIpc) is 3.15. The topological polar surface area (TPSA) is 81.1 Å². The molecule has 0 saturated heterocycles. The van der Waals surface area contributed by atoms with E-state index in [0.717, 1.165) is 34.0 Å². The molecular weight excluding hydrogens is 422 g/mol. The second-order valence-electron chi connectivity index (χ2n) is 7.49. The number of aryl methyl sites for hydroxylation is 1. The standard InChI is InChI=1S/C24H27N5O2S/c1-5-31-19-12-8-10-17(14-19)21-20(22(30)26-18-11-7-9-15(3)13-18)16(4)25-23-27-24(32-6-2)28-29(21)23/h7-14,21H,5-6H2,1-4H3,(H,26,30)(H,25,27,28). The predicted molar refractivity (Wildman–Crippen MR) is 128 cm³/mol. The molecule has 1 aliphatic heterocycles. The molecular formula is C24H27N5O2S. The number of rotatable bonds is 7. The molecule has 0 saturated carbocycles. The third-order valence-electron chi connectivity index (χ3n) is 5.11. The van der Waals surface area contributed by atoms with Crippen LogP contribution < -0.4 is 15.4 Å². The predicted octanol–water partition coefficient (Wildman–Crippen LogP) is 5.02. The Bertz CT molecular complexity index is 1170. The van der Waals surface area contributed by atoms with Crippen LogP contribution in [0.4, 0.5) is 11.6 Å². The van der Waals surface area contributed by atoms with Crippen LogP contribution >= 0.6 is 11.8 Å². The van der Waals surface area contributed by atoms with Crippen LogP contribution in [-0.2, 0) is 4.79 Å². The van der Waals surface area contributed by atoms with Crippen molar-refractivity contribution >= 4 is 29.3 Å². The van der Waals surface area contributed by atoms with E-state index >= 15 is 0 Å². The van der Waals surface area contributed by atoms with Crippen LogP contribution in [0.1, 0.15) is 37.9 Å². The van der Waals surface area contributed by atoms with Crippen molar-refractivity contribution in [1.29, 1.82) is 0 Å². The lowest BCUT2D eigenvalue weighted by molar-refractivity contribution is -0.113. The average molecular weight is 450 g/mol. The highest BCUT2D eigenvalue weighted by molar-refractivity contribution is 7.99. The zero-order valence-corrected chi connectivity index (χ0v) is 19.5. The Morgan fingerprint density at radius 1 is 1.19 bits per heavy atom. The van der Waals surface area contributed by atoms with Gasteiger partial charge in [0.1, 0.15) is 11.8 Å². The Morgan fingerprint density at radius 3 is 2.75 bits per heavy atom. The number of amides is 1. The van der Waals surface area contributed by atoms with Crippen molar-refractivity contribution in [2.24, 2.45) is 0 Å². The monoisotopic (exact) mass is 449 g/mol. The van der Waals surface area contributed by atoms with Crippen LogP contribution in [0.3, 0.4) is 0 Å². The number of thioether (sulfide) groups is 1. The number of carbonyl (C=O) groups excluding carboxylic acids is 1. The van der Waals surface area contributed by atoms with E-state index in [2.05, 4.69) is 22.5 Å². The summed E-state index contributed by atoms with van der Waals surface area (Å²) in [5, 5.41) is 11.7. The zero-order valence-electron chi connectivity index (χ0n) is 18.7. The summed E-state index contributed by atoms with van der Waals surface area (Å²) in [4.78, 5) is 18.1. The molecule has 0 aliphatic carbocycles. The van der Waals surface area contributed by atoms with Crippen molar-refractivity contribution in [3.63, 3.8) is 0 Å². The van der Waals surface area contributed by atoms with Crippen molar-refractivity contribution in [3.8, 4) is 5.75 Å². The number of aromatic nitrogens is 3. The molecule has 0 bridgehead atoms. The van der Waals surface area contributed by atoms with Crippen molar-refractivity contribution in [2.45, 2.75) is 38.9 Å². The summed E-state index contributed by atoms with van der Waals surface area (Å²) >= 11 is 1.57. The van der Waals surface area contributed by atoms with Crippen LogP contribution in [0, 0.1) is 6.92 Å². The van der Waals surface area contributed by atoms with E-state index in [1.807, 2.05) is 69.3 Å². The summed E-state index contributed by atoms with van der Waals surface area (Å²) in [6.45, 7) is 8.47. The number of fused-ring (bicyclic) bond motifs is 1. The van der Waals surface area contributed by atoms with Gasteiger partial charge in [-0.3, -0.25) is 4.79 Å². The molecule has 7 nitrogen and oxygen atoms in total. The molecule has 1 unspecified atom stereocenters. The van der Waals surface area contributed by atoms with Gasteiger partial charge < -0.3 is 15.4 Å². The number of hydrogen-bond acceptors (Lipinski definition) is 6. The Balaban J connectivity index is 1.78. The molecule has 1 aromatic heterocycles. The first-order valence-electron chi connectivity index (χ1n) is 10.7. The summed E-state index contributed by atoms with van der Waals surface area (Å²) < 4.78 is 7.51. The highest BCUT2D eigenvalue weighted by Crippen LogP contribution is 2.37. The minimum atomic E-state index is -0.435. The van der Waals surface area contributed by atoms with Gasteiger partial charge in [0, 0.05) is 11.4 Å². The number of anilines is 2. The Kier molecular flexibility index (Phi) is 6.50. The lowest BCUT2D eigenvalue weighted by Crippen LogP contribution is -2.31. The molecule has 1 atom stereocenters. The molecule has 1 aliphatic rings. The van der Waals surface area contributed by atoms with E-state index in [1.165, 1.54) is 0 Å². The van der Waals surface area contributed by atoms with Gasteiger partial charge in [-0.25, -0.2) is 4.68 Å².